The third-order valence-corrected chi connectivity index (χ3v) is 17.5. The van der Waals surface area contributed by atoms with E-state index < -0.39 is 127 Å². The number of hydrogen-bond donors (Lipinski definition) is 6. The van der Waals surface area contributed by atoms with Crippen molar-refractivity contribution in [1.29, 1.82) is 0 Å². The fourth-order valence-electron chi connectivity index (χ4n) is 12.3. The van der Waals surface area contributed by atoms with E-state index in [9.17, 15) is 39.8 Å². The smallest absolute Gasteiger partial charge is 0.309 e. The third kappa shape index (κ3) is 13.6. The fraction of sp³-hybridized carbons (Fsp3) is 0.778. The fourth-order valence-corrected chi connectivity index (χ4v) is 12.9. The quantitative estimate of drug-likeness (QED) is 0.108. The van der Waals surface area contributed by atoms with Gasteiger partial charge in [-0.25, -0.2) is 14.1 Å². The van der Waals surface area contributed by atoms with Gasteiger partial charge in [0.15, 0.2) is 6.29 Å². The summed E-state index contributed by atoms with van der Waals surface area (Å²) in [5.74, 6) is -3.29. The van der Waals surface area contributed by atoms with Gasteiger partial charge in [-0.2, -0.15) is 0 Å². The van der Waals surface area contributed by atoms with E-state index in [1.807, 2.05) is 68.9 Å². The Balaban J connectivity index is 1.26. The molecule has 424 valence electrons. The molecule has 3 fully saturated rings. The number of aliphatic hydroxyl groups is 5. The average molecular weight is 1080 g/mol. The molecule has 20 atom stereocenters. The second kappa shape index (κ2) is 25.2. The van der Waals surface area contributed by atoms with Gasteiger partial charge in [0.2, 0.25) is 0 Å². The molecule has 0 aliphatic carbocycles. The maximum absolute atomic E-state index is 14.9. The van der Waals surface area contributed by atoms with Crippen molar-refractivity contribution in [2.24, 2.45) is 23.7 Å². The lowest BCUT2D eigenvalue weighted by molar-refractivity contribution is -0.302. The van der Waals surface area contributed by atoms with Gasteiger partial charge in [-0.15, -0.1) is 5.10 Å². The summed E-state index contributed by atoms with van der Waals surface area (Å²) in [7, 11) is 6.76. The first-order valence-corrected chi connectivity index (χ1v) is 27.4. The van der Waals surface area contributed by atoms with E-state index in [0.717, 1.165) is 22.5 Å². The number of nitrogens with zero attached hydrogens (tertiary/aromatic N) is 6. The Morgan fingerprint density at radius 2 is 1.68 bits per heavy atom. The number of ether oxygens (including phenoxy) is 6. The summed E-state index contributed by atoms with van der Waals surface area (Å²) >= 11 is 1.13. The summed E-state index contributed by atoms with van der Waals surface area (Å²) in [6, 6.07) is 5.47. The summed E-state index contributed by atoms with van der Waals surface area (Å²) < 4.78 is 54.4. The van der Waals surface area contributed by atoms with Crippen LogP contribution in [0.25, 0.3) is 11.3 Å². The highest BCUT2D eigenvalue weighted by molar-refractivity contribution is 7.11. The van der Waals surface area contributed by atoms with Crippen molar-refractivity contribution in [2.75, 3.05) is 48.1 Å². The first-order valence-electron chi connectivity index (χ1n) is 26.6. The predicted molar refractivity (Wildman–Crippen MR) is 279 cm³/mol. The molecule has 0 radical (unpaired) electrons. The Morgan fingerprint density at radius 3 is 2.28 bits per heavy atom. The van der Waals surface area contributed by atoms with Gasteiger partial charge in [0, 0.05) is 75.3 Å². The topological polar surface area (TPSA) is 244 Å². The van der Waals surface area contributed by atoms with Crippen LogP contribution >= 0.6 is 11.3 Å². The molecular formula is C54H87FN6O13S. The highest BCUT2D eigenvalue weighted by Crippen LogP contribution is 2.45. The van der Waals surface area contributed by atoms with Gasteiger partial charge in [0.1, 0.15) is 48.8 Å². The second-order valence-corrected chi connectivity index (χ2v) is 23.6. The minimum atomic E-state index is -1.83. The standard InChI is InChI=1S/C54H87FN6O13S/c1-15-42-54(10,68)46(63)33(6)60(12)26-29(2)23-52(8,67)48(31(4)43(32(5)49(65)73-42)41-24-53(9,70-14)47(64)34(7)72-41)74-50-44(62)39(22-30(3)71-50)59(11)21-20-37-27-61(58-57-37)40(25-55)45(69-13)36-18-16-35(17-19-36)38-28-75-51(66)56-38/h16-19,27-34,39-48,50,62-64,67-68H,15,20-26H2,1-14H3,(H,56,66)/t29-,30-,31+,32-,33-,34+,39+,40-,41-,42-,43?,44-,45-,46-,47+,48-,50+,52-,53-,54-/m1/s1. The molecule has 21 heteroatoms. The van der Waals surface area contributed by atoms with Gasteiger partial charge in [-0.05, 0) is 92.3 Å². The zero-order chi connectivity index (χ0) is 55.5. The molecule has 5 heterocycles. The van der Waals surface area contributed by atoms with Gasteiger partial charge in [0.05, 0.1) is 52.9 Å². The monoisotopic (exact) mass is 1080 g/mol. The van der Waals surface area contributed by atoms with Crippen LogP contribution in [0.4, 0.5) is 4.39 Å². The normalized spacial score (nSPS) is 38.9. The summed E-state index contributed by atoms with van der Waals surface area (Å²) in [6.45, 7) is 17.8. The van der Waals surface area contributed by atoms with Crippen molar-refractivity contribution in [3.05, 3.63) is 47.1 Å². The number of alkyl halides is 1. The number of likely N-dealkylation sites (N-methyl/N-ethyl adjacent to an activating group) is 2. The van der Waals surface area contributed by atoms with Crippen molar-refractivity contribution < 1.29 is 68.2 Å². The summed E-state index contributed by atoms with van der Waals surface area (Å²) in [5.41, 5.74) is -1.78. The molecule has 3 saturated heterocycles. The van der Waals surface area contributed by atoms with Crippen molar-refractivity contribution >= 4 is 17.3 Å². The molecule has 3 aromatic rings. The van der Waals surface area contributed by atoms with Gasteiger partial charge in [0.25, 0.3) is 5.19 Å². The van der Waals surface area contributed by atoms with Crippen molar-refractivity contribution in [1.82, 2.24) is 29.8 Å². The van der Waals surface area contributed by atoms with Crippen LogP contribution in [0.5, 0.6) is 5.19 Å². The largest absolute Gasteiger partial charge is 0.486 e. The molecule has 6 N–H and O–H groups in total. The summed E-state index contributed by atoms with van der Waals surface area (Å²) in [5, 5.41) is 80.4. The van der Waals surface area contributed by atoms with Gasteiger partial charge < -0.3 is 68.9 Å². The minimum absolute atomic E-state index is 0.0275. The molecule has 75 heavy (non-hydrogen) atoms. The Labute approximate surface area is 446 Å². The maximum Gasteiger partial charge on any atom is 0.309 e. The number of carbonyl (C=O) groups excluding carboxylic acids is 1. The van der Waals surface area contributed by atoms with Gasteiger partial charge in [-0.1, -0.05) is 68.5 Å². The van der Waals surface area contributed by atoms with E-state index in [-0.39, 0.29) is 30.4 Å². The van der Waals surface area contributed by atoms with E-state index in [1.54, 1.807) is 53.1 Å². The predicted octanol–water partition coefficient (Wildman–Crippen LogP) is 5.11. The first-order chi connectivity index (χ1) is 35.2. The molecule has 2 aromatic heterocycles. The maximum atomic E-state index is 14.9. The van der Waals surface area contributed by atoms with Crippen LogP contribution in [0.2, 0.25) is 0 Å². The third-order valence-electron chi connectivity index (χ3n) is 16.9. The SMILES string of the molecule is CC[C@H]1OC(=O)[C@H](C)C([C@H]2C[C@@](C)(OC)[C@@H](O)[C@H](C)O2)[C@H](C)[C@@H](O[C@@H]2O[C@H](C)C[C@H](N(C)CCc3cn([C@H](CF)[C@H](OC)c4ccc(-c5csc(O)n5)cc4)nn3)[C@H]2O)[C@](C)(O)C[C@@H](C)CN(C)[C@H](C)[C@@H](O)[C@]1(C)O. The number of hydrogen-bond acceptors (Lipinski definition) is 19. The van der Waals surface area contributed by atoms with E-state index in [0.29, 0.717) is 37.3 Å². The Hall–Kier alpha value is -3.29. The number of benzene rings is 1. The lowest BCUT2D eigenvalue weighted by atomic mass is 9.68. The lowest BCUT2D eigenvalue weighted by Gasteiger charge is -2.51. The van der Waals surface area contributed by atoms with Crippen LogP contribution in [0.15, 0.2) is 35.8 Å². The van der Waals surface area contributed by atoms with Crippen LogP contribution in [0.1, 0.15) is 118 Å². The minimum Gasteiger partial charge on any atom is -0.486 e. The molecule has 6 rings (SSSR count). The van der Waals surface area contributed by atoms with Crippen LogP contribution in [-0.4, -0.2) is 198 Å². The summed E-state index contributed by atoms with van der Waals surface area (Å²) in [4.78, 5) is 22.7. The molecule has 3 aliphatic rings. The number of cyclic esters (lactones) is 1. The van der Waals surface area contributed by atoms with Crippen molar-refractivity contribution in [3.8, 4) is 16.5 Å². The summed E-state index contributed by atoms with van der Waals surface area (Å²) in [6.07, 6.45) is -6.40. The molecule has 1 aromatic carbocycles. The Kier molecular flexibility index (Phi) is 20.5. The van der Waals surface area contributed by atoms with E-state index in [2.05, 4.69) is 15.3 Å². The number of esters is 1. The van der Waals surface area contributed by atoms with Crippen molar-refractivity contribution in [3.63, 3.8) is 0 Å². The van der Waals surface area contributed by atoms with E-state index >= 15 is 0 Å². The molecule has 3 aliphatic heterocycles. The number of aromatic nitrogens is 4. The highest BCUT2D eigenvalue weighted by Gasteiger charge is 2.55. The molecule has 1 unspecified atom stereocenters. The molecule has 0 spiro atoms. The Morgan fingerprint density at radius 1 is 1.00 bits per heavy atom. The molecule has 0 saturated carbocycles. The number of aliphatic hydroxyl groups excluding tert-OH is 3. The number of thiazole rings is 1. The van der Waals surface area contributed by atoms with Gasteiger partial charge >= 0.3 is 5.97 Å². The van der Waals surface area contributed by atoms with E-state index in [1.165, 1.54) is 25.8 Å². The number of carbonyl (C=O) groups is 1. The van der Waals surface area contributed by atoms with Crippen molar-refractivity contribution in [2.45, 2.75) is 197 Å². The molecule has 19 nitrogen and oxygen atoms in total. The number of aromatic hydroxyl groups is 1. The van der Waals surface area contributed by atoms with E-state index in [4.69, 9.17) is 28.4 Å². The number of halogens is 1. The lowest BCUT2D eigenvalue weighted by Crippen LogP contribution is -2.62. The number of rotatable bonds is 15. The zero-order valence-electron chi connectivity index (χ0n) is 46.4. The zero-order valence-corrected chi connectivity index (χ0v) is 47.3. The van der Waals surface area contributed by atoms with Crippen LogP contribution < -0.4 is 0 Å². The van der Waals surface area contributed by atoms with Crippen LogP contribution in [-0.2, 0) is 39.6 Å². The molecule has 0 amide bonds. The van der Waals surface area contributed by atoms with Crippen LogP contribution in [0.3, 0.4) is 0 Å². The highest BCUT2D eigenvalue weighted by atomic mass is 32.1. The second-order valence-electron chi connectivity index (χ2n) is 22.7. The Bertz CT molecular complexity index is 2270. The van der Waals surface area contributed by atoms with Crippen LogP contribution in [0, 0.1) is 23.7 Å². The molecular weight excluding hydrogens is 992 g/mol. The number of methoxy groups -OCH3 is 2. The average Bonchev–Trinajstić information content (AvgIpc) is 4.03. The van der Waals surface area contributed by atoms with Gasteiger partial charge in [-0.3, -0.25) is 4.79 Å². The molecule has 0 bridgehead atoms. The first kappa shape index (κ1) is 60.9.